The Kier molecular flexibility index (Phi) is 4.88. The molecular weight excluding hydrogens is 478 g/mol. The van der Waals surface area contributed by atoms with Crippen molar-refractivity contribution in [1.29, 1.82) is 0 Å². The summed E-state index contributed by atoms with van der Waals surface area (Å²) in [4.78, 5) is 44.7. The number of rotatable bonds is 4. The van der Waals surface area contributed by atoms with Crippen LogP contribution in [0.25, 0.3) is 6.08 Å². The average Bonchev–Trinajstić information content (AvgIpc) is 3.66. The zero-order chi connectivity index (χ0) is 25.9. The van der Waals surface area contributed by atoms with Gasteiger partial charge in [0.2, 0.25) is 17.6 Å². The van der Waals surface area contributed by atoms with E-state index in [1.165, 1.54) is 6.26 Å². The fourth-order valence-corrected chi connectivity index (χ4v) is 6.43. The Balaban J connectivity index is 1.49. The Morgan fingerprint density at radius 1 is 0.895 bits per heavy atom. The number of fused-ring (bicyclic) bond motifs is 6. The summed E-state index contributed by atoms with van der Waals surface area (Å²) < 4.78 is 5.55. The summed E-state index contributed by atoms with van der Waals surface area (Å²) in [6.45, 7) is 0. The number of Topliss-reactive ketones (excluding diaryl/α,β-unsaturated/α-hetero) is 1. The summed E-state index contributed by atoms with van der Waals surface area (Å²) >= 11 is 0. The molecule has 1 unspecified atom stereocenters. The van der Waals surface area contributed by atoms with E-state index < -0.39 is 29.2 Å². The van der Waals surface area contributed by atoms with Crippen molar-refractivity contribution in [2.45, 2.75) is 17.5 Å². The largest absolute Gasteiger partial charge is 0.461 e. The molecule has 7 heteroatoms. The first-order valence-corrected chi connectivity index (χ1v) is 12.5. The maximum absolute atomic E-state index is 14.3. The summed E-state index contributed by atoms with van der Waals surface area (Å²) in [6, 6.07) is 25.9. The van der Waals surface area contributed by atoms with Gasteiger partial charge in [-0.05, 0) is 47.5 Å². The Morgan fingerprint density at radius 2 is 1.66 bits per heavy atom. The number of hydrogen-bond acceptors (Lipinski definition) is 5. The summed E-state index contributed by atoms with van der Waals surface area (Å²) in [5, 5.41) is 6.02. The molecule has 0 aliphatic carbocycles. The molecule has 4 heterocycles. The number of carbonyl (C=O) groups is 3. The Bertz CT molecular complexity index is 1610. The second-order valence-corrected chi connectivity index (χ2v) is 9.76. The molecule has 1 saturated heterocycles. The van der Waals surface area contributed by atoms with E-state index in [1.807, 2.05) is 83.8 Å². The SMILES string of the molecule is O=C(Nc1ccccc1)[C@@H]1[C@H](C(=O)c2ccco2)[C@@]2(C(=O)Nc3ccccc32)C2C=Cc3ccccc3N21. The van der Waals surface area contributed by atoms with Gasteiger partial charge in [-0.3, -0.25) is 14.4 Å². The van der Waals surface area contributed by atoms with Crippen LogP contribution in [-0.4, -0.2) is 29.7 Å². The third-order valence-corrected chi connectivity index (χ3v) is 7.90. The number of anilines is 3. The first-order valence-electron chi connectivity index (χ1n) is 12.5. The minimum atomic E-state index is -1.36. The van der Waals surface area contributed by atoms with Gasteiger partial charge < -0.3 is 20.0 Å². The number of hydrogen-bond donors (Lipinski definition) is 2. The second-order valence-electron chi connectivity index (χ2n) is 9.76. The van der Waals surface area contributed by atoms with E-state index in [2.05, 4.69) is 10.6 Å². The summed E-state index contributed by atoms with van der Waals surface area (Å²) in [7, 11) is 0. The van der Waals surface area contributed by atoms with Crippen LogP contribution in [0.4, 0.5) is 17.1 Å². The molecule has 1 spiro atoms. The molecule has 2 N–H and O–H groups in total. The fourth-order valence-electron chi connectivity index (χ4n) is 6.43. The van der Waals surface area contributed by atoms with Crippen LogP contribution in [0.5, 0.6) is 0 Å². The lowest BCUT2D eigenvalue weighted by Crippen LogP contribution is -2.51. The fraction of sp³-hybridized carbons (Fsp3) is 0.129. The minimum absolute atomic E-state index is 0.112. The molecule has 4 atom stereocenters. The lowest BCUT2D eigenvalue weighted by molar-refractivity contribution is -0.122. The van der Waals surface area contributed by atoms with Gasteiger partial charge >= 0.3 is 0 Å². The molecule has 0 saturated carbocycles. The number of benzene rings is 3. The highest BCUT2D eigenvalue weighted by atomic mass is 16.3. The average molecular weight is 502 g/mol. The molecule has 1 aromatic heterocycles. The van der Waals surface area contributed by atoms with Crippen LogP contribution in [0.15, 0.2) is 108 Å². The highest BCUT2D eigenvalue weighted by molar-refractivity contribution is 6.17. The normalized spacial score (nSPS) is 24.5. The van der Waals surface area contributed by atoms with E-state index in [0.717, 1.165) is 11.3 Å². The van der Waals surface area contributed by atoms with Crippen LogP contribution < -0.4 is 15.5 Å². The van der Waals surface area contributed by atoms with Crippen LogP contribution in [0.1, 0.15) is 21.7 Å². The monoisotopic (exact) mass is 501 g/mol. The van der Waals surface area contributed by atoms with Crippen molar-refractivity contribution in [2.75, 3.05) is 15.5 Å². The standard InChI is InChI=1S/C31H23N3O4/c35-28(24-15-8-18-38-24)26-27(29(36)32-20-10-2-1-3-11-20)34-23-14-7-4-9-19(23)16-17-25(34)31(26)21-12-5-6-13-22(21)33-30(31)37/h1-18,25-27H,(H,32,36)(H,33,37)/t25?,26-,27+,31+/m1/s1. The van der Waals surface area contributed by atoms with Gasteiger partial charge in [-0.2, -0.15) is 0 Å². The van der Waals surface area contributed by atoms with Gasteiger partial charge in [-0.1, -0.05) is 66.7 Å². The van der Waals surface area contributed by atoms with Crippen LogP contribution in [0.3, 0.4) is 0 Å². The van der Waals surface area contributed by atoms with Gasteiger partial charge in [0.15, 0.2) is 5.76 Å². The molecule has 38 heavy (non-hydrogen) atoms. The van der Waals surface area contributed by atoms with Gasteiger partial charge in [0.1, 0.15) is 11.5 Å². The number of nitrogens with zero attached hydrogens (tertiary/aromatic N) is 1. The van der Waals surface area contributed by atoms with E-state index in [0.29, 0.717) is 16.9 Å². The van der Waals surface area contributed by atoms with Gasteiger partial charge in [0.25, 0.3) is 0 Å². The maximum atomic E-state index is 14.3. The van der Waals surface area contributed by atoms with E-state index in [9.17, 15) is 14.4 Å². The third kappa shape index (κ3) is 2.99. The number of furan rings is 1. The van der Waals surface area contributed by atoms with Crippen molar-refractivity contribution in [3.8, 4) is 0 Å². The molecule has 1 fully saturated rings. The zero-order valence-electron chi connectivity index (χ0n) is 20.2. The molecule has 2 amide bonds. The molecule has 3 aliphatic rings. The van der Waals surface area contributed by atoms with Gasteiger partial charge in [0, 0.05) is 17.1 Å². The smallest absolute Gasteiger partial charge is 0.247 e. The number of para-hydroxylation sites is 3. The maximum Gasteiger partial charge on any atom is 0.247 e. The van der Waals surface area contributed by atoms with Gasteiger partial charge in [0.05, 0.1) is 18.2 Å². The molecular formula is C31H23N3O4. The number of carbonyl (C=O) groups excluding carboxylic acids is 3. The molecule has 0 bridgehead atoms. The molecule has 7 rings (SSSR count). The summed E-state index contributed by atoms with van der Waals surface area (Å²) in [5.41, 5.74) is 2.29. The minimum Gasteiger partial charge on any atom is -0.461 e. The molecule has 3 aromatic carbocycles. The zero-order valence-corrected chi connectivity index (χ0v) is 20.2. The highest BCUT2D eigenvalue weighted by Gasteiger charge is 2.70. The first-order chi connectivity index (χ1) is 18.6. The molecule has 7 nitrogen and oxygen atoms in total. The number of amides is 2. The molecule has 0 radical (unpaired) electrons. The van der Waals surface area contributed by atoms with E-state index in [-0.39, 0.29) is 17.6 Å². The van der Waals surface area contributed by atoms with Crippen LogP contribution >= 0.6 is 0 Å². The summed E-state index contributed by atoms with van der Waals surface area (Å²) in [6.07, 6.45) is 5.35. The van der Waals surface area contributed by atoms with Crippen molar-refractivity contribution in [3.05, 3.63) is 120 Å². The first kappa shape index (κ1) is 22.3. The van der Waals surface area contributed by atoms with Gasteiger partial charge in [-0.15, -0.1) is 0 Å². The number of ketones is 1. The molecule has 3 aliphatic heterocycles. The third-order valence-electron chi connectivity index (χ3n) is 7.90. The Hall–Kier alpha value is -4.91. The Morgan fingerprint density at radius 3 is 2.47 bits per heavy atom. The van der Waals surface area contributed by atoms with Gasteiger partial charge in [-0.25, -0.2) is 0 Å². The second kappa shape index (κ2) is 8.31. The lowest BCUT2D eigenvalue weighted by atomic mass is 9.65. The van der Waals surface area contributed by atoms with E-state index >= 15 is 0 Å². The van der Waals surface area contributed by atoms with E-state index in [4.69, 9.17) is 4.42 Å². The van der Waals surface area contributed by atoms with Crippen molar-refractivity contribution < 1.29 is 18.8 Å². The summed E-state index contributed by atoms with van der Waals surface area (Å²) in [5.74, 6) is -2.03. The predicted molar refractivity (Wildman–Crippen MR) is 144 cm³/mol. The highest BCUT2D eigenvalue weighted by Crippen LogP contribution is 2.57. The van der Waals surface area contributed by atoms with Crippen LogP contribution in [0.2, 0.25) is 0 Å². The van der Waals surface area contributed by atoms with Crippen molar-refractivity contribution >= 4 is 40.7 Å². The topological polar surface area (TPSA) is 91.6 Å². The predicted octanol–water partition coefficient (Wildman–Crippen LogP) is 4.89. The van der Waals surface area contributed by atoms with Crippen LogP contribution in [-0.2, 0) is 15.0 Å². The quantitative estimate of drug-likeness (QED) is 0.389. The van der Waals surface area contributed by atoms with Crippen molar-refractivity contribution in [2.24, 2.45) is 5.92 Å². The number of nitrogens with one attached hydrogen (secondary N) is 2. The van der Waals surface area contributed by atoms with E-state index in [1.54, 1.807) is 24.3 Å². The van der Waals surface area contributed by atoms with Crippen molar-refractivity contribution in [1.82, 2.24) is 0 Å². The Labute approximate surface area is 218 Å². The van der Waals surface area contributed by atoms with Crippen molar-refractivity contribution in [3.63, 3.8) is 0 Å². The molecule has 186 valence electrons. The lowest BCUT2D eigenvalue weighted by Gasteiger charge is -2.37. The molecule has 4 aromatic rings. The van der Waals surface area contributed by atoms with Crippen LogP contribution in [0, 0.1) is 5.92 Å².